The van der Waals surface area contributed by atoms with Gasteiger partial charge < -0.3 is 9.64 Å². The van der Waals surface area contributed by atoms with Crippen LogP contribution in [0.5, 0.6) is 0 Å². The number of nitrogens with zero attached hydrogens (tertiary/aromatic N) is 1. The summed E-state index contributed by atoms with van der Waals surface area (Å²) >= 11 is 6.07. The summed E-state index contributed by atoms with van der Waals surface area (Å²) in [5, 5.41) is 18.2. The molecule has 0 amide bonds. The maximum absolute atomic E-state index is 11.9. The Kier molecular flexibility index (Phi) is 6.18. The number of rotatable bonds is 5. The Balaban J connectivity index is 1.44. The van der Waals surface area contributed by atoms with Gasteiger partial charge in [-0.15, -0.1) is 0 Å². The van der Waals surface area contributed by atoms with Crippen LogP contribution >= 0.6 is 11.6 Å². The molecule has 2 aliphatic carbocycles. The fraction of sp³-hybridized carbons (Fsp3) is 0.375. The number of amidine groups is 1. The van der Waals surface area contributed by atoms with Gasteiger partial charge in [0.05, 0.1) is 11.6 Å². The third-order valence-corrected chi connectivity index (χ3v) is 6.03. The summed E-state index contributed by atoms with van der Waals surface area (Å²) < 4.78 is 5.61. The fourth-order valence-electron chi connectivity index (χ4n) is 3.82. The van der Waals surface area contributed by atoms with Gasteiger partial charge in [0.1, 0.15) is 11.9 Å². The van der Waals surface area contributed by atoms with E-state index >= 15 is 0 Å². The molecule has 1 aromatic carbocycles. The smallest absolute Gasteiger partial charge is 0.309 e. The summed E-state index contributed by atoms with van der Waals surface area (Å²) in [7, 11) is 0. The van der Waals surface area contributed by atoms with Gasteiger partial charge in [-0.3, -0.25) is 15.6 Å². The van der Waals surface area contributed by atoms with Gasteiger partial charge in [0.15, 0.2) is 0 Å². The monoisotopic (exact) mass is 423 g/mol. The average molecular weight is 424 g/mol. The van der Waals surface area contributed by atoms with E-state index in [2.05, 4.69) is 0 Å². The van der Waals surface area contributed by atoms with Crippen molar-refractivity contribution < 1.29 is 9.53 Å². The molecule has 0 aromatic heterocycles. The van der Waals surface area contributed by atoms with Crippen LogP contribution in [-0.2, 0) is 9.53 Å². The number of hydrogen-bond donors (Lipinski definition) is 2. The van der Waals surface area contributed by atoms with Crippen molar-refractivity contribution in [3.63, 3.8) is 0 Å². The standard InChI is InChI=1S/C24H26ClN3O2/c25-18-5-3-4-16(10-11-18)22(26)20-6-1-2-7-21(20)23(27)28-14-12-19(13-15-28)30-24(29)17-8-9-17/h1-3,5-7,10-11,17,19,26-27H,4,8-9,12-15H2. The number of esters is 1. The summed E-state index contributed by atoms with van der Waals surface area (Å²) in [4.78, 5) is 13.9. The Bertz CT molecular complexity index is 951. The zero-order valence-electron chi connectivity index (χ0n) is 16.9. The molecule has 1 aromatic rings. The van der Waals surface area contributed by atoms with Crippen molar-refractivity contribution in [3.05, 3.63) is 70.3 Å². The van der Waals surface area contributed by atoms with Crippen LogP contribution in [-0.4, -0.2) is 41.6 Å². The topological polar surface area (TPSA) is 77.2 Å². The number of carbonyl (C=O) groups excluding carboxylic acids is 1. The molecule has 2 N–H and O–H groups in total. The number of hydrogen-bond acceptors (Lipinski definition) is 4. The van der Waals surface area contributed by atoms with Crippen LogP contribution in [0, 0.1) is 16.7 Å². The molecule has 0 spiro atoms. The highest BCUT2D eigenvalue weighted by molar-refractivity contribution is 6.31. The predicted molar refractivity (Wildman–Crippen MR) is 119 cm³/mol. The average Bonchev–Trinajstić information content (AvgIpc) is 3.62. The summed E-state index contributed by atoms with van der Waals surface area (Å²) in [6, 6.07) is 7.61. The van der Waals surface area contributed by atoms with Gasteiger partial charge in [0.25, 0.3) is 0 Å². The molecule has 0 bridgehead atoms. The number of nitrogens with one attached hydrogen (secondary N) is 2. The molecule has 1 saturated carbocycles. The number of benzene rings is 1. The van der Waals surface area contributed by atoms with E-state index in [1.165, 1.54) is 0 Å². The predicted octanol–water partition coefficient (Wildman–Crippen LogP) is 4.81. The molecule has 4 rings (SSSR count). The SMILES string of the molecule is N=C(C1=CC=C(Cl)C=CC1)c1ccccc1C(=N)N1CCC(OC(=O)C2CC2)CC1. The summed E-state index contributed by atoms with van der Waals surface area (Å²) in [6.07, 6.45) is 11.4. The third-order valence-electron chi connectivity index (χ3n) is 5.78. The Morgan fingerprint density at radius 1 is 1.03 bits per heavy atom. The second-order valence-corrected chi connectivity index (χ2v) is 8.45. The number of ether oxygens (including phenoxy) is 1. The minimum atomic E-state index is -0.0535. The maximum Gasteiger partial charge on any atom is 0.309 e. The van der Waals surface area contributed by atoms with Crippen molar-refractivity contribution in [3.8, 4) is 0 Å². The molecule has 1 aliphatic heterocycles. The zero-order valence-corrected chi connectivity index (χ0v) is 17.6. The molecule has 1 saturated heterocycles. The van der Waals surface area contributed by atoms with Crippen LogP contribution in [0.4, 0.5) is 0 Å². The highest BCUT2D eigenvalue weighted by Gasteiger charge is 2.34. The van der Waals surface area contributed by atoms with Gasteiger partial charge in [-0.25, -0.2) is 0 Å². The molecule has 5 nitrogen and oxygen atoms in total. The lowest BCUT2D eigenvalue weighted by Crippen LogP contribution is -2.42. The van der Waals surface area contributed by atoms with E-state index in [4.69, 9.17) is 27.2 Å². The minimum Gasteiger partial charge on any atom is -0.462 e. The van der Waals surface area contributed by atoms with Gasteiger partial charge in [0, 0.05) is 42.1 Å². The summed E-state index contributed by atoms with van der Waals surface area (Å²) in [6.45, 7) is 1.35. The summed E-state index contributed by atoms with van der Waals surface area (Å²) in [5.74, 6) is 0.486. The van der Waals surface area contributed by atoms with E-state index in [-0.39, 0.29) is 18.0 Å². The second kappa shape index (κ2) is 9.00. The van der Waals surface area contributed by atoms with Crippen molar-refractivity contribution in [2.45, 2.75) is 38.2 Å². The van der Waals surface area contributed by atoms with Crippen molar-refractivity contribution in [1.82, 2.24) is 4.90 Å². The Hall–Kier alpha value is -2.66. The largest absolute Gasteiger partial charge is 0.462 e. The van der Waals surface area contributed by atoms with Crippen LogP contribution < -0.4 is 0 Å². The molecular formula is C24H26ClN3O2. The third kappa shape index (κ3) is 4.73. The summed E-state index contributed by atoms with van der Waals surface area (Å²) in [5.41, 5.74) is 2.78. The van der Waals surface area contributed by atoms with Crippen molar-refractivity contribution >= 4 is 29.1 Å². The number of likely N-dealkylation sites (tertiary alicyclic amines) is 1. The molecule has 30 heavy (non-hydrogen) atoms. The van der Waals surface area contributed by atoms with Crippen molar-refractivity contribution in [2.75, 3.05) is 13.1 Å². The first kappa shape index (κ1) is 20.6. The van der Waals surface area contributed by atoms with E-state index < -0.39 is 0 Å². The Morgan fingerprint density at radius 2 is 1.73 bits per heavy atom. The first-order valence-corrected chi connectivity index (χ1v) is 10.9. The molecule has 156 valence electrons. The van der Waals surface area contributed by atoms with E-state index in [1.54, 1.807) is 6.08 Å². The van der Waals surface area contributed by atoms with Crippen LogP contribution in [0.15, 0.2) is 59.2 Å². The van der Waals surface area contributed by atoms with E-state index in [9.17, 15) is 4.79 Å². The van der Waals surface area contributed by atoms with Gasteiger partial charge in [-0.1, -0.05) is 48.0 Å². The number of allylic oxidation sites excluding steroid dienone is 6. The normalized spacial score (nSPS) is 19.6. The van der Waals surface area contributed by atoms with Crippen LogP contribution in [0.1, 0.15) is 43.2 Å². The van der Waals surface area contributed by atoms with Crippen LogP contribution in [0.3, 0.4) is 0 Å². The van der Waals surface area contributed by atoms with Gasteiger partial charge in [-0.2, -0.15) is 0 Å². The Morgan fingerprint density at radius 3 is 2.43 bits per heavy atom. The van der Waals surface area contributed by atoms with Gasteiger partial charge in [-0.05, 0) is 37.0 Å². The molecular weight excluding hydrogens is 398 g/mol. The molecule has 0 radical (unpaired) electrons. The lowest BCUT2D eigenvalue weighted by atomic mass is 9.94. The molecule has 1 heterocycles. The highest BCUT2D eigenvalue weighted by atomic mass is 35.5. The van der Waals surface area contributed by atoms with Crippen LogP contribution in [0.25, 0.3) is 0 Å². The van der Waals surface area contributed by atoms with Crippen LogP contribution in [0.2, 0.25) is 0 Å². The lowest BCUT2D eigenvalue weighted by molar-refractivity contribution is -0.152. The zero-order chi connectivity index (χ0) is 21.1. The van der Waals surface area contributed by atoms with Crippen molar-refractivity contribution in [2.24, 2.45) is 5.92 Å². The first-order chi connectivity index (χ1) is 14.5. The van der Waals surface area contributed by atoms with Gasteiger partial charge >= 0.3 is 5.97 Å². The highest BCUT2D eigenvalue weighted by Crippen LogP contribution is 2.31. The second-order valence-electron chi connectivity index (χ2n) is 8.02. The van der Waals surface area contributed by atoms with E-state index in [1.807, 2.05) is 47.4 Å². The van der Waals surface area contributed by atoms with Crippen molar-refractivity contribution in [1.29, 1.82) is 10.8 Å². The molecule has 0 unspecified atom stereocenters. The number of carbonyl (C=O) groups is 1. The quantitative estimate of drug-likeness (QED) is 0.405. The number of piperidine rings is 1. The lowest BCUT2D eigenvalue weighted by Gasteiger charge is -2.34. The Labute approximate surface area is 182 Å². The van der Waals surface area contributed by atoms with E-state index in [0.717, 1.165) is 42.4 Å². The number of halogens is 1. The molecule has 3 aliphatic rings. The maximum atomic E-state index is 11.9. The van der Waals surface area contributed by atoms with E-state index in [0.29, 0.717) is 36.1 Å². The first-order valence-electron chi connectivity index (χ1n) is 10.5. The molecule has 2 fully saturated rings. The molecule has 0 atom stereocenters. The molecule has 6 heteroatoms. The van der Waals surface area contributed by atoms with Gasteiger partial charge in [0.2, 0.25) is 0 Å². The minimum absolute atomic E-state index is 0.0461. The fourth-order valence-corrected chi connectivity index (χ4v) is 3.97.